The minimum Gasteiger partial charge on any atom is -0.507 e. The Kier molecular flexibility index (Phi) is 4.19. The topological polar surface area (TPSA) is 40.5 Å². The maximum atomic E-state index is 12.0. The summed E-state index contributed by atoms with van der Waals surface area (Å²) in [4.78, 5) is 13.5. The van der Waals surface area contributed by atoms with Gasteiger partial charge in [-0.25, -0.2) is 0 Å². The highest BCUT2D eigenvalue weighted by Gasteiger charge is 2.16. The van der Waals surface area contributed by atoms with Crippen molar-refractivity contribution < 1.29 is 9.90 Å². The summed E-state index contributed by atoms with van der Waals surface area (Å²) < 4.78 is 0. The number of rotatable bonds is 3. The van der Waals surface area contributed by atoms with Gasteiger partial charge in [0.25, 0.3) is 5.91 Å². The van der Waals surface area contributed by atoms with Gasteiger partial charge in [-0.2, -0.15) is 0 Å². The number of carbonyl (C=O) groups excluding carboxylic acids is 1. The summed E-state index contributed by atoms with van der Waals surface area (Å²) in [5.41, 5.74) is 1.26. The van der Waals surface area contributed by atoms with Gasteiger partial charge in [-0.3, -0.25) is 4.79 Å². The third-order valence-electron chi connectivity index (χ3n) is 2.25. The van der Waals surface area contributed by atoms with Crippen molar-refractivity contribution in [1.82, 2.24) is 4.90 Å². The summed E-state index contributed by atoms with van der Waals surface area (Å²) in [5.74, 6) is -0.210. The van der Waals surface area contributed by atoms with Crippen molar-refractivity contribution >= 4 is 17.5 Å². The summed E-state index contributed by atoms with van der Waals surface area (Å²) in [7, 11) is 1.67. The largest absolute Gasteiger partial charge is 0.507 e. The van der Waals surface area contributed by atoms with Crippen LogP contribution in [-0.2, 0) is 0 Å². The fourth-order valence-corrected chi connectivity index (χ4v) is 1.69. The Morgan fingerprint density at radius 3 is 2.75 bits per heavy atom. The Morgan fingerprint density at radius 1 is 1.56 bits per heavy atom. The SMILES string of the molecule is Cc1ccc(O)c(C(=O)N(C)CC(C)Cl)c1. The fourth-order valence-electron chi connectivity index (χ4n) is 1.49. The van der Waals surface area contributed by atoms with Gasteiger partial charge in [0.05, 0.1) is 5.56 Å². The van der Waals surface area contributed by atoms with Crippen molar-refractivity contribution in [3.8, 4) is 5.75 Å². The molecule has 1 aromatic carbocycles. The highest BCUT2D eigenvalue weighted by Crippen LogP contribution is 2.19. The van der Waals surface area contributed by atoms with E-state index in [9.17, 15) is 9.90 Å². The molecule has 1 N–H and O–H groups in total. The van der Waals surface area contributed by atoms with E-state index in [2.05, 4.69) is 0 Å². The smallest absolute Gasteiger partial charge is 0.257 e. The number of alkyl halides is 1. The van der Waals surface area contributed by atoms with Crippen LogP contribution >= 0.6 is 11.6 Å². The van der Waals surface area contributed by atoms with Crippen molar-refractivity contribution in [3.63, 3.8) is 0 Å². The van der Waals surface area contributed by atoms with Crippen molar-refractivity contribution in [2.45, 2.75) is 19.2 Å². The lowest BCUT2D eigenvalue weighted by Gasteiger charge is -2.19. The number of nitrogens with zero attached hydrogens (tertiary/aromatic N) is 1. The van der Waals surface area contributed by atoms with E-state index < -0.39 is 0 Å². The van der Waals surface area contributed by atoms with E-state index in [1.54, 1.807) is 19.2 Å². The van der Waals surface area contributed by atoms with Crippen LogP contribution in [0.1, 0.15) is 22.8 Å². The summed E-state index contributed by atoms with van der Waals surface area (Å²) in [6, 6.07) is 4.96. The van der Waals surface area contributed by atoms with Crippen LogP contribution in [0, 0.1) is 6.92 Å². The molecule has 1 aromatic rings. The minimum absolute atomic E-state index is 0.00433. The molecule has 0 fully saturated rings. The Hall–Kier alpha value is -1.22. The highest BCUT2D eigenvalue weighted by molar-refractivity contribution is 6.20. The van der Waals surface area contributed by atoms with Gasteiger partial charge >= 0.3 is 0 Å². The zero-order valence-corrected chi connectivity index (χ0v) is 10.5. The molecule has 0 aliphatic carbocycles. The average Bonchev–Trinajstić information content (AvgIpc) is 2.19. The molecule has 0 saturated carbocycles. The molecule has 0 saturated heterocycles. The van der Waals surface area contributed by atoms with Crippen LogP contribution in [0.2, 0.25) is 0 Å². The molecule has 3 nitrogen and oxygen atoms in total. The second kappa shape index (κ2) is 5.21. The molecular weight excluding hydrogens is 226 g/mol. The maximum Gasteiger partial charge on any atom is 0.257 e. The van der Waals surface area contributed by atoms with Gasteiger partial charge in [0, 0.05) is 19.0 Å². The number of halogens is 1. The first-order chi connectivity index (χ1) is 7.41. The quantitative estimate of drug-likeness (QED) is 0.826. The van der Waals surface area contributed by atoms with E-state index >= 15 is 0 Å². The Bertz CT molecular complexity index is 391. The van der Waals surface area contributed by atoms with Crippen LogP contribution in [-0.4, -0.2) is 34.9 Å². The number of aryl methyl sites for hydroxylation is 1. The van der Waals surface area contributed by atoms with E-state index in [0.717, 1.165) is 5.56 Å². The normalized spacial score (nSPS) is 12.2. The third-order valence-corrected chi connectivity index (χ3v) is 2.39. The summed E-state index contributed by atoms with van der Waals surface area (Å²) in [5, 5.41) is 9.50. The zero-order chi connectivity index (χ0) is 12.3. The number of hydrogen-bond acceptors (Lipinski definition) is 2. The van der Waals surface area contributed by atoms with Crippen molar-refractivity contribution in [2.24, 2.45) is 0 Å². The number of phenolic OH excluding ortho intramolecular Hbond substituents is 1. The molecule has 1 atom stereocenters. The fraction of sp³-hybridized carbons (Fsp3) is 0.417. The standard InChI is InChI=1S/C12H16ClNO2/c1-8-4-5-11(15)10(6-8)12(16)14(3)7-9(2)13/h4-6,9,15H,7H2,1-3H3. The van der Waals surface area contributed by atoms with Crippen LogP contribution in [0.4, 0.5) is 0 Å². The molecule has 1 unspecified atom stereocenters. The van der Waals surface area contributed by atoms with Crippen LogP contribution < -0.4 is 0 Å². The van der Waals surface area contributed by atoms with Gasteiger partial charge in [-0.15, -0.1) is 11.6 Å². The molecule has 1 amide bonds. The van der Waals surface area contributed by atoms with E-state index in [1.807, 2.05) is 13.8 Å². The summed E-state index contributed by atoms with van der Waals surface area (Å²) in [6.07, 6.45) is 0. The molecule has 0 bridgehead atoms. The lowest BCUT2D eigenvalue weighted by atomic mass is 10.1. The van der Waals surface area contributed by atoms with E-state index in [-0.39, 0.29) is 17.0 Å². The number of aromatic hydroxyl groups is 1. The highest BCUT2D eigenvalue weighted by atomic mass is 35.5. The van der Waals surface area contributed by atoms with Crippen LogP contribution in [0.5, 0.6) is 5.75 Å². The first-order valence-corrected chi connectivity index (χ1v) is 5.54. The third kappa shape index (κ3) is 3.14. The number of amides is 1. The van der Waals surface area contributed by atoms with Crippen molar-refractivity contribution in [3.05, 3.63) is 29.3 Å². The number of benzene rings is 1. The predicted molar refractivity (Wildman–Crippen MR) is 65.1 cm³/mol. The van der Waals surface area contributed by atoms with E-state index in [4.69, 9.17) is 11.6 Å². The number of phenols is 1. The van der Waals surface area contributed by atoms with E-state index in [0.29, 0.717) is 12.1 Å². The van der Waals surface area contributed by atoms with Crippen LogP contribution in [0.3, 0.4) is 0 Å². The molecular formula is C12H16ClNO2. The molecule has 16 heavy (non-hydrogen) atoms. The molecule has 0 radical (unpaired) electrons. The monoisotopic (exact) mass is 241 g/mol. The number of carbonyl (C=O) groups is 1. The first kappa shape index (κ1) is 12.8. The van der Waals surface area contributed by atoms with Gasteiger partial charge in [-0.1, -0.05) is 11.6 Å². The van der Waals surface area contributed by atoms with Gasteiger partial charge in [0.2, 0.25) is 0 Å². The molecule has 0 aliphatic rings. The molecule has 1 rings (SSSR count). The van der Waals surface area contributed by atoms with Crippen molar-refractivity contribution in [2.75, 3.05) is 13.6 Å². The lowest BCUT2D eigenvalue weighted by Crippen LogP contribution is -2.31. The Morgan fingerprint density at radius 2 is 2.19 bits per heavy atom. The predicted octanol–water partition coefficient (Wildman–Crippen LogP) is 2.40. The molecule has 0 aromatic heterocycles. The second-order valence-corrected chi connectivity index (χ2v) is 4.73. The molecule has 0 heterocycles. The van der Waals surface area contributed by atoms with Crippen molar-refractivity contribution in [1.29, 1.82) is 0 Å². The van der Waals surface area contributed by atoms with Gasteiger partial charge < -0.3 is 10.0 Å². The van der Waals surface area contributed by atoms with Crippen LogP contribution in [0.15, 0.2) is 18.2 Å². The maximum absolute atomic E-state index is 12.0. The molecule has 88 valence electrons. The summed E-state index contributed by atoms with van der Waals surface area (Å²) >= 11 is 5.82. The first-order valence-electron chi connectivity index (χ1n) is 5.11. The number of hydrogen-bond donors (Lipinski definition) is 1. The molecule has 0 spiro atoms. The zero-order valence-electron chi connectivity index (χ0n) is 9.70. The minimum atomic E-state index is -0.214. The second-order valence-electron chi connectivity index (χ2n) is 3.99. The average molecular weight is 242 g/mol. The lowest BCUT2D eigenvalue weighted by molar-refractivity contribution is 0.0793. The van der Waals surface area contributed by atoms with E-state index in [1.165, 1.54) is 11.0 Å². The van der Waals surface area contributed by atoms with Gasteiger partial charge in [-0.05, 0) is 26.0 Å². The van der Waals surface area contributed by atoms with Gasteiger partial charge in [0.1, 0.15) is 5.75 Å². The Labute approximate surface area is 101 Å². The van der Waals surface area contributed by atoms with Gasteiger partial charge in [0.15, 0.2) is 0 Å². The molecule has 4 heteroatoms. The van der Waals surface area contributed by atoms with Crippen LogP contribution in [0.25, 0.3) is 0 Å². The summed E-state index contributed by atoms with van der Waals surface area (Å²) in [6.45, 7) is 4.15. The molecule has 0 aliphatic heterocycles. The Balaban J connectivity index is 2.91.